The quantitative estimate of drug-likeness (QED) is 0.713. The van der Waals surface area contributed by atoms with E-state index < -0.39 is 0 Å². The predicted octanol–water partition coefficient (Wildman–Crippen LogP) is 2.01. The molecule has 1 aromatic carbocycles. The maximum atomic E-state index is 11.4. The topological polar surface area (TPSA) is 44.1 Å². The van der Waals surface area contributed by atoms with Crippen molar-refractivity contribution >= 4 is 16.9 Å². The molecule has 0 aliphatic carbocycles. The van der Waals surface area contributed by atoms with Gasteiger partial charge in [-0.2, -0.15) is 0 Å². The molecule has 2 aromatic rings. The molecule has 15 heavy (non-hydrogen) atoms. The van der Waals surface area contributed by atoms with Gasteiger partial charge in [-0.3, -0.25) is 9.36 Å². The first-order valence-electron chi connectivity index (χ1n) is 4.67. The van der Waals surface area contributed by atoms with Crippen LogP contribution in [0, 0.1) is 6.92 Å². The van der Waals surface area contributed by atoms with Crippen molar-refractivity contribution in [3.63, 3.8) is 0 Å². The van der Waals surface area contributed by atoms with Gasteiger partial charge < -0.3 is 4.74 Å². The summed E-state index contributed by atoms with van der Waals surface area (Å²) < 4.78 is 6.70. The Morgan fingerprint density at radius 1 is 1.47 bits per heavy atom. The van der Waals surface area contributed by atoms with Gasteiger partial charge in [-0.15, -0.1) is 0 Å². The Morgan fingerprint density at radius 2 is 2.20 bits per heavy atom. The van der Waals surface area contributed by atoms with Crippen LogP contribution in [0.2, 0.25) is 0 Å². The third kappa shape index (κ3) is 1.48. The van der Waals surface area contributed by atoms with Gasteiger partial charge in [-0.05, 0) is 19.1 Å². The second-order valence-electron chi connectivity index (χ2n) is 3.37. The van der Waals surface area contributed by atoms with Crippen molar-refractivity contribution in [2.24, 2.45) is 0 Å². The van der Waals surface area contributed by atoms with Crippen LogP contribution >= 0.6 is 0 Å². The van der Waals surface area contributed by atoms with Crippen LogP contribution in [0.25, 0.3) is 11.0 Å². The van der Waals surface area contributed by atoms with E-state index >= 15 is 0 Å². The molecule has 0 fully saturated rings. The van der Waals surface area contributed by atoms with E-state index in [1.54, 1.807) is 11.7 Å². The number of hydrogen-bond donors (Lipinski definition) is 0. The van der Waals surface area contributed by atoms with Crippen molar-refractivity contribution in [2.75, 3.05) is 7.11 Å². The van der Waals surface area contributed by atoms with Crippen LogP contribution in [-0.2, 0) is 0 Å². The van der Waals surface area contributed by atoms with Crippen LogP contribution in [-0.4, -0.2) is 22.6 Å². The Bertz CT molecular complexity index is 529. The van der Waals surface area contributed by atoms with Gasteiger partial charge in [0.25, 0.3) is 0 Å². The van der Waals surface area contributed by atoms with Crippen molar-refractivity contribution in [2.45, 2.75) is 13.8 Å². The summed E-state index contributed by atoms with van der Waals surface area (Å²) in [5.41, 5.74) is 1.60. The van der Waals surface area contributed by atoms with Gasteiger partial charge in [0.05, 0.1) is 18.1 Å². The van der Waals surface area contributed by atoms with E-state index in [0.29, 0.717) is 5.82 Å². The van der Waals surface area contributed by atoms with E-state index in [1.807, 2.05) is 25.1 Å². The van der Waals surface area contributed by atoms with E-state index in [1.165, 1.54) is 6.92 Å². The summed E-state index contributed by atoms with van der Waals surface area (Å²) in [7, 11) is 1.60. The highest BCUT2D eigenvalue weighted by Crippen LogP contribution is 2.21. The number of imidazole rings is 1. The van der Waals surface area contributed by atoms with Crippen molar-refractivity contribution in [1.29, 1.82) is 0 Å². The molecule has 4 nitrogen and oxygen atoms in total. The van der Waals surface area contributed by atoms with Gasteiger partial charge in [0, 0.05) is 13.0 Å². The van der Waals surface area contributed by atoms with Gasteiger partial charge in [0.15, 0.2) is 0 Å². The molecule has 1 aromatic heterocycles. The number of benzene rings is 1. The molecule has 0 aliphatic heterocycles. The summed E-state index contributed by atoms with van der Waals surface area (Å²) in [6.07, 6.45) is 0. The van der Waals surface area contributed by atoms with Crippen LogP contribution in [0.3, 0.4) is 0 Å². The van der Waals surface area contributed by atoms with Crippen molar-refractivity contribution in [3.05, 3.63) is 24.0 Å². The number of ether oxygens (including phenoxy) is 1. The lowest BCUT2D eigenvalue weighted by Crippen LogP contribution is -2.07. The molecular weight excluding hydrogens is 192 g/mol. The zero-order chi connectivity index (χ0) is 11.0. The molecule has 0 atom stereocenters. The normalized spacial score (nSPS) is 10.6. The molecule has 0 bridgehead atoms. The van der Waals surface area contributed by atoms with E-state index in [2.05, 4.69) is 4.98 Å². The monoisotopic (exact) mass is 204 g/mol. The minimum absolute atomic E-state index is 0.0387. The molecule has 0 N–H and O–H groups in total. The second kappa shape index (κ2) is 3.38. The average Bonchev–Trinajstić information content (AvgIpc) is 2.52. The zero-order valence-corrected chi connectivity index (χ0v) is 8.94. The van der Waals surface area contributed by atoms with Crippen molar-refractivity contribution in [3.8, 4) is 5.75 Å². The van der Waals surface area contributed by atoms with Crippen molar-refractivity contribution < 1.29 is 9.53 Å². The molecule has 0 saturated heterocycles. The minimum atomic E-state index is -0.0387. The molecule has 78 valence electrons. The predicted molar refractivity (Wildman–Crippen MR) is 57.3 cm³/mol. The Morgan fingerprint density at radius 3 is 2.80 bits per heavy atom. The fourth-order valence-corrected chi connectivity index (χ4v) is 1.70. The first-order valence-corrected chi connectivity index (χ1v) is 4.67. The molecule has 0 spiro atoms. The first kappa shape index (κ1) is 9.71. The average molecular weight is 204 g/mol. The van der Waals surface area contributed by atoms with Crippen molar-refractivity contribution in [1.82, 2.24) is 9.55 Å². The summed E-state index contributed by atoms with van der Waals surface area (Å²) in [6.45, 7) is 3.33. The standard InChI is InChI=1S/C11H12N2O2/c1-7-12-10-5-4-9(15-3)6-11(10)13(7)8(2)14/h4-6H,1-3H3. The number of hydrogen-bond acceptors (Lipinski definition) is 3. The highest BCUT2D eigenvalue weighted by atomic mass is 16.5. The fraction of sp³-hybridized carbons (Fsp3) is 0.273. The number of aryl methyl sites for hydroxylation is 1. The highest BCUT2D eigenvalue weighted by Gasteiger charge is 2.10. The number of nitrogens with zero attached hydrogens (tertiary/aromatic N) is 2. The Kier molecular flexibility index (Phi) is 2.19. The van der Waals surface area contributed by atoms with Crippen LogP contribution in [0.1, 0.15) is 17.5 Å². The van der Waals surface area contributed by atoms with E-state index in [9.17, 15) is 4.79 Å². The lowest BCUT2D eigenvalue weighted by Gasteiger charge is -2.02. The minimum Gasteiger partial charge on any atom is -0.497 e. The summed E-state index contributed by atoms with van der Waals surface area (Å²) in [5, 5.41) is 0. The third-order valence-electron chi connectivity index (χ3n) is 2.34. The Labute approximate surface area is 87.5 Å². The number of aromatic nitrogens is 2. The van der Waals surface area contributed by atoms with E-state index in [-0.39, 0.29) is 5.91 Å². The number of fused-ring (bicyclic) bond motifs is 1. The summed E-state index contributed by atoms with van der Waals surface area (Å²) in [6, 6.07) is 5.50. The second-order valence-corrected chi connectivity index (χ2v) is 3.37. The molecule has 0 saturated carbocycles. The van der Waals surface area contributed by atoms with Gasteiger partial charge in [0.1, 0.15) is 11.6 Å². The van der Waals surface area contributed by atoms with Gasteiger partial charge in [-0.25, -0.2) is 4.98 Å². The highest BCUT2D eigenvalue weighted by molar-refractivity contribution is 5.90. The van der Waals surface area contributed by atoms with Crippen LogP contribution < -0.4 is 4.74 Å². The third-order valence-corrected chi connectivity index (χ3v) is 2.34. The maximum absolute atomic E-state index is 11.4. The molecule has 0 aliphatic rings. The lowest BCUT2D eigenvalue weighted by molar-refractivity contribution is 0.0939. The number of methoxy groups -OCH3 is 1. The molecular formula is C11H12N2O2. The van der Waals surface area contributed by atoms with Crippen LogP contribution in [0.5, 0.6) is 5.75 Å². The van der Waals surface area contributed by atoms with Gasteiger partial charge in [-0.1, -0.05) is 0 Å². The number of carbonyl (C=O) groups excluding carboxylic acids is 1. The van der Waals surface area contributed by atoms with Crippen LogP contribution in [0.15, 0.2) is 18.2 Å². The summed E-state index contributed by atoms with van der Waals surface area (Å²) in [5.74, 6) is 1.39. The molecule has 0 amide bonds. The smallest absolute Gasteiger partial charge is 0.229 e. The molecule has 0 radical (unpaired) electrons. The molecule has 0 unspecified atom stereocenters. The SMILES string of the molecule is COc1ccc2nc(C)n(C(C)=O)c2c1. The number of carbonyl (C=O) groups is 1. The van der Waals surface area contributed by atoms with Crippen LogP contribution in [0.4, 0.5) is 0 Å². The van der Waals surface area contributed by atoms with E-state index in [4.69, 9.17) is 4.74 Å². The summed E-state index contributed by atoms with van der Waals surface area (Å²) in [4.78, 5) is 15.7. The Hall–Kier alpha value is -1.84. The Balaban J connectivity index is 2.77. The first-order chi connectivity index (χ1) is 7.13. The van der Waals surface area contributed by atoms with Gasteiger partial charge in [0.2, 0.25) is 5.91 Å². The zero-order valence-electron chi connectivity index (χ0n) is 8.94. The molecule has 1 heterocycles. The molecule has 2 rings (SSSR count). The maximum Gasteiger partial charge on any atom is 0.229 e. The van der Waals surface area contributed by atoms with E-state index in [0.717, 1.165) is 16.8 Å². The largest absolute Gasteiger partial charge is 0.497 e. The lowest BCUT2D eigenvalue weighted by atomic mass is 10.3. The fourth-order valence-electron chi connectivity index (χ4n) is 1.70. The summed E-state index contributed by atoms with van der Waals surface area (Å²) >= 11 is 0. The van der Waals surface area contributed by atoms with Gasteiger partial charge >= 0.3 is 0 Å². The number of rotatable bonds is 1. The molecule has 4 heteroatoms.